The summed E-state index contributed by atoms with van der Waals surface area (Å²) in [5.41, 5.74) is 2.12. The molecule has 1 fully saturated rings. The summed E-state index contributed by atoms with van der Waals surface area (Å²) in [5, 5.41) is 14.2. The van der Waals surface area contributed by atoms with E-state index in [-0.39, 0.29) is 29.3 Å². The van der Waals surface area contributed by atoms with Crippen molar-refractivity contribution in [3.05, 3.63) is 73.6 Å². The van der Waals surface area contributed by atoms with E-state index in [1.165, 1.54) is 12.1 Å². The van der Waals surface area contributed by atoms with Gasteiger partial charge < -0.3 is 14.4 Å². The van der Waals surface area contributed by atoms with Crippen LogP contribution in [0.5, 0.6) is 11.5 Å². The highest BCUT2D eigenvalue weighted by atomic mass is 35.5. The molecule has 1 saturated heterocycles. The number of carbonyl (C=O) groups is 1. The van der Waals surface area contributed by atoms with E-state index in [0.29, 0.717) is 35.8 Å². The Labute approximate surface area is 204 Å². The van der Waals surface area contributed by atoms with Crippen LogP contribution in [0.25, 0.3) is 17.3 Å². The summed E-state index contributed by atoms with van der Waals surface area (Å²) in [6.07, 6.45) is 5.01. The number of nitro benzene ring substituents is 1. The van der Waals surface area contributed by atoms with Crippen molar-refractivity contribution < 1.29 is 19.2 Å². The average Bonchev–Trinajstić information content (AvgIpc) is 3.52. The van der Waals surface area contributed by atoms with Crippen LogP contribution in [-0.4, -0.2) is 40.6 Å². The lowest BCUT2D eigenvalue weighted by atomic mass is 9.97. The number of hydrogen-bond acceptors (Lipinski definition) is 7. The number of ether oxygens (including phenoxy) is 2. The van der Waals surface area contributed by atoms with Gasteiger partial charge in [-0.15, -0.1) is 11.3 Å². The Morgan fingerprint density at radius 2 is 1.97 bits per heavy atom. The van der Waals surface area contributed by atoms with Crippen molar-refractivity contribution >= 4 is 40.6 Å². The predicted molar refractivity (Wildman–Crippen MR) is 129 cm³/mol. The average molecular weight is 498 g/mol. The number of aromatic nitrogens is 1. The summed E-state index contributed by atoms with van der Waals surface area (Å²) in [6, 6.07) is 10.3. The molecule has 34 heavy (non-hydrogen) atoms. The van der Waals surface area contributed by atoms with Crippen molar-refractivity contribution in [3.63, 3.8) is 0 Å². The maximum atomic E-state index is 12.7. The highest BCUT2D eigenvalue weighted by Crippen LogP contribution is 2.36. The molecule has 0 atom stereocenters. The van der Waals surface area contributed by atoms with E-state index in [9.17, 15) is 14.9 Å². The lowest BCUT2D eigenvalue weighted by Gasteiger charge is -2.30. The van der Waals surface area contributed by atoms with E-state index in [1.54, 1.807) is 29.6 Å². The fourth-order valence-corrected chi connectivity index (χ4v) is 5.24. The molecule has 174 valence electrons. The number of thiazole rings is 1. The van der Waals surface area contributed by atoms with E-state index in [1.807, 2.05) is 28.5 Å². The number of fused-ring (bicyclic) bond motifs is 1. The maximum absolute atomic E-state index is 12.7. The second kappa shape index (κ2) is 9.44. The first-order valence-corrected chi connectivity index (χ1v) is 12.0. The Morgan fingerprint density at radius 3 is 2.76 bits per heavy atom. The van der Waals surface area contributed by atoms with Crippen molar-refractivity contribution in [1.29, 1.82) is 0 Å². The number of amides is 1. The van der Waals surface area contributed by atoms with E-state index < -0.39 is 4.92 Å². The summed E-state index contributed by atoms with van der Waals surface area (Å²) >= 11 is 7.46. The lowest BCUT2D eigenvalue weighted by molar-refractivity contribution is -0.384. The molecule has 2 aromatic carbocycles. The summed E-state index contributed by atoms with van der Waals surface area (Å²) in [5.74, 6) is 1.63. The van der Waals surface area contributed by atoms with Gasteiger partial charge in [0.25, 0.3) is 5.69 Å². The SMILES string of the molecule is O=C(/C=C/c1ccc2c(c1)OCO2)N1CCC(c2nc(-c3ccc(Cl)c([N+](=O)[O-])c3)cs2)CC1. The molecular formula is C24H20ClN3O5S. The number of carbonyl (C=O) groups excluding carboxylic acids is 1. The molecule has 0 saturated carbocycles. The molecule has 2 aliphatic rings. The van der Waals surface area contributed by atoms with Crippen LogP contribution in [0.4, 0.5) is 5.69 Å². The van der Waals surface area contributed by atoms with Crippen LogP contribution in [0.2, 0.25) is 5.02 Å². The second-order valence-electron chi connectivity index (χ2n) is 8.04. The summed E-state index contributed by atoms with van der Waals surface area (Å²) < 4.78 is 10.7. The largest absolute Gasteiger partial charge is 0.454 e. The van der Waals surface area contributed by atoms with Gasteiger partial charge in [-0.25, -0.2) is 4.98 Å². The van der Waals surface area contributed by atoms with Crippen LogP contribution in [0.1, 0.15) is 29.3 Å². The van der Waals surface area contributed by atoms with Gasteiger partial charge >= 0.3 is 0 Å². The van der Waals surface area contributed by atoms with Crippen LogP contribution in [0, 0.1) is 10.1 Å². The first kappa shape index (κ1) is 22.4. The molecule has 3 aromatic rings. The van der Waals surface area contributed by atoms with Gasteiger partial charge in [0.1, 0.15) is 5.02 Å². The third-order valence-corrected chi connectivity index (χ3v) is 7.26. The predicted octanol–water partition coefficient (Wildman–Crippen LogP) is 5.52. The third kappa shape index (κ3) is 4.62. The Balaban J connectivity index is 1.19. The molecule has 0 spiro atoms. The first-order chi connectivity index (χ1) is 16.5. The summed E-state index contributed by atoms with van der Waals surface area (Å²) in [7, 11) is 0. The topological polar surface area (TPSA) is 94.8 Å². The lowest BCUT2D eigenvalue weighted by Crippen LogP contribution is -2.36. The number of hydrogen-bond donors (Lipinski definition) is 0. The third-order valence-electron chi connectivity index (χ3n) is 5.93. The quantitative estimate of drug-likeness (QED) is 0.261. The molecule has 5 rings (SSSR count). The monoisotopic (exact) mass is 497 g/mol. The van der Waals surface area contributed by atoms with Crippen LogP contribution in [0.15, 0.2) is 47.9 Å². The van der Waals surface area contributed by atoms with Gasteiger partial charge in [-0.3, -0.25) is 14.9 Å². The zero-order chi connectivity index (χ0) is 23.7. The molecule has 3 heterocycles. The van der Waals surface area contributed by atoms with Gasteiger partial charge in [-0.05, 0) is 42.7 Å². The molecule has 2 aliphatic heterocycles. The van der Waals surface area contributed by atoms with Gasteiger partial charge in [0.15, 0.2) is 11.5 Å². The fourth-order valence-electron chi connectivity index (χ4n) is 4.06. The highest BCUT2D eigenvalue weighted by molar-refractivity contribution is 7.10. The minimum Gasteiger partial charge on any atom is -0.454 e. The van der Waals surface area contributed by atoms with Crippen molar-refractivity contribution in [3.8, 4) is 22.8 Å². The van der Waals surface area contributed by atoms with E-state index >= 15 is 0 Å². The van der Waals surface area contributed by atoms with Crippen molar-refractivity contribution in [2.45, 2.75) is 18.8 Å². The first-order valence-electron chi connectivity index (χ1n) is 10.7. The second-order valence-corrected chi connectivity index (χ2v) is 9.34. The Kier molecular flexibility index (Phi) is 6.21. The molecule has 0 bridgehead atoms. The van der Waals surface area contributed by atoms with Crippen molar-refractivity contribution in [1.82, 2.24) is 9.88 Å². The zero-order valence-corrected chi connectivity index (χ0v) is 19.6. The van der Waals surface area contributed by atoms with Gasteiger partial charge in [-0.1, -0.05) is 23.7 Å². The van der Waals surface area contributed by atoms with Crippen LogP contribution in [0.3, 0.4) is 0 Å². The molecule has 1 amide bonds. The molecule has 0 unspecified atom stereocenters. The number of piperidine rings is 1. The number of nitro groups is 1. The van der Waals surface area contributed by atoms with E-state index in [2.05, 4.69) is 0 Å². The Bertz CT molecular complexity index is 1280. The normalized spacial score (nSPS) is 15.7. The number of likely N-dealkylation sites (tertiary alicyclic amines) is 1. The molecule has 8 nitrogen and oxygen atoms in total. The molecule has 1 aromatic heterocycles. The molecule has 0 aliphatic carbocycles. The van der Waals surface area contributed by atoms with Crippen LogP contribution in [-0.2, 0) is 4.79 Å². The molecule has 10 heteroatoms. The number of halogens is 1. The van der Waals surface area contributed by atoms with E-state index in [4.69, 9.17) is 26.1 Å². The number of rotatable bonds is 5. The van der Waals surface area contributed by atoms with Gasteiger partial charge in [0.05, 0.1) is 15.6 Å². The van der Waals surface area contributed by atoms with Crippen molar-refractivity contribution in [2.75, 3.05) is 19.9 Å². The summed E-state index contributed by atoms with van der Waals surface area (Å²) in [6.45, 7) is 1.52. The summed E-state index contributed by atoms with van der Waals surface area (Å²) in [4.78, 5) is 29.9. The minimum atomic E-state index is -0.493. The van der Waals surface area contributed by atoms with Gasteiger partial charge in [0.2, 0.25) is 12.7 Å². The van der Waals surface area contributed by atoms with Crippen LogP contribution < -0.4 is 9.47 Å². The standard InChI is InChI=1S/C24H20ClN3O5S/c25-18-4-3-17(12-20(18)28(30)31)19-13-34-24(26-19)16-7-9-27(10-8-16)23(29)6-2-15-1-5-21-22(11-15)33-14-32-21/h1-6,11-13,16H,7-10,14H2/b6-2+. The van der Waals surface area contributed by atoms with Crippen molar-refractivity contribution in [2.24, 2.45) is 0 Å². The Morgan fingerprint density at radius 1 is 1.18 bits per heavy atom. The maximum Gasteiger partial charge on any atom is 0.288 e. The number of nitrogens with zero attached hydrogens (tertiary/aromatic N) is 3. The molecule has 0 radical (unpaired) electrons. The molecular weight excluding hydrogens is 478 g/mol. The fraction of sp³-hybridized carbons (Fsp3) is 0.250. The van der Waals surface area contributed by atoms with E-state index in [0.717, 1.165) is 23.4 Å². The Hall–Kier alpha value is -3.43. The minimum absolute atomic E-state index is 0.0237. The molecule has 0 N–H and O–H groups in total. The van der Waals surface area contributed by atoms with Crippen LogP contribution >= 0.6 is 22.9 Å². The smallest absolute Gasteiger partial charge is 0.288 e. The number of benzene rings is 2. The zero-order valence-electron chi connectivity index (χ0n) is 18.0. The van der Waals surface area contributed by atoms with Gasteiger partial charge in [0, 0.05) is 42.1 Å². The van der Waals surface area contributed by atoms with Gasteiger partial charge in [-0.2, -0.15) is 0 Å². The highest BCUT2D eigenvalue weighted by Gasteiger charge is 2.25.